The standard InChI is InChI=1S/C36H63O3S3/c1-10-24(27(15-20-40)42(37,38)39)26-21-30(41)32(4,5)28-14-17-35(8)29(36(26,28)9)12-11-25-31-23(3)22(2)13-16-33(31,6)18-19-34(25,35)7/h22-31,40-41H,1,10-21H2,2-9H3,(H,37,38,39)/t22-,23+,24?,25-,26?,27?,28+,29+,30?,31+,33-,34-,35-,36+/m1/s1. The normalized spacial score (nSPS) is 51.8. The smallest absolute Gasteiger partial charge is 0.268 e. The largest absolute Gasteiger partial charge is 0.285 e. The summed E-state index contributed by atoms with van der Waals surface area (Å²) < 4.78 is 36.4. The molecule has 5 saturated carbocycles. The van der Waals surface area contributed by atoms with Crippen LogP contribution in [0, 0.1) is 81.3 Å². The molecule has 6 heteroatoms. The van der Waals surface area contributed by atoms with Crippen LogP contribution in [0.1, 0.15) is 126 Å². The van der Waals surface area contributed by atoms with Crippen molar-refractivity contribution in [3.05, 3.63) is 6.92 Å². The van der Waals surface area contributed by atoms with E-state index < -0.39 is 15.4 Å². The molecule has 0 aromatic heterocycles. The zero-order valence-electron chi connectivity index (χ0n) is 28.0. The van der Waals surface area contributed by atoms with Crippen molar-refractivity contribution < 1.29 is 13.0 Å². The minimum absolute atomic E-state index is 0.0299. The molecule has 5 aliphatic carbocycles. The molecule has 5 rings (SSSR count). The van der Waals surface area contributed by atoms with E-state index in [-0.39, 0.29) is 33.3 Å². The van der Waals surface area contributed by atoms with Gasteiger partial charge >= 0.3 is 0 Å². The molecule has 5 aliphatic rings. The molecule has 243 valence electrons. The number of thiol groups is 2. The van der Waals surface area contributed by atoms with Crippen LogP contribution >= 0.6 is 25.3 Å². The maximum Gasteiger partial charge on any atom is 0.268 e. The predicted molar refractivity (Wildman–Crippen MR) is 184 cm³/mol. The van der Waals surface area contributed by atoms with Crippen LogP contribution in [0.15, 0.2) is 0 Å². The Labute approximate surface area is 270 Å². The highest BCUT2D eigenvalue weighted by Crippen LogP contribution is 2.78. The maximum absolute atomic E-state index is 12.9. The number of hydrogen-bond donors (Lipinski definition) is 3. The minimum atomic E-state index is -4.22. The molecule has 0 heterocycles. The van der Waals surface area contributed by atoms with Crippen molar-refractivity contribution >= 4 is 35.4 Å². The van der Waals surface area contributed by atoms with Crippen LogP contribution in [0.25, 0.3) is 0 Å². The summed E-state index contributed by atoms with van der Waals surface area (Å²) in [6.45, 7) is 24.9. The van der Waals surface area contributed by atoms with Crippen molar-refractivity contribution in [2.24, 2.45) is 74.4 Å². The topological polar surface area (TPSA) is 54.4 Å². The Morgan fingerprint density at radius 2 is 1.57 bits per heavy atom. The van der Waals surface area contributed by atoms with Crippen LogP contribution in [-0.2, 0) is 10.1 Å². The van der Waals surface area contributed by atoms with E-state index in [9.17, 15) is 13.0 Å². The van der Waals surface area contributed by atoms with Crippen molar-refractivity contribution in [3.63, 3.8) is 0 Å². The zero-order valence-corrected chi connectivity index (χ0v) is 30.6. The molecule has 1 N–H and O–H groups in total. The molecule has 0 amide bonds. The van der Waals surface area contributed by atoms with Gasteiger partial charge in [-0.15, -0.1) is 0 Å². The maximum atomic E-state index is 12.9. The Balaban J connectivity index is 1.62. The predicted octanol–water partition coefficient (Wildman–Crippen LogP) is 9.68. The van der Waals surface area contributed by atoms with Crippen LogP contribution in [-0.4, -0.2) is 29.2 Å². The van der Waals surface area contributed by atoms with E-state index in [1.807, 2.05) is 0 Å². The van der Waals surface area contributed by atoms with Gasteiger partial charge in [0.1, 0.15) is 0 Å². The van der Waals surface area contributed by atoms with E-state index in [0.717, 1.165) is 30.1 Å². The second-order valence-corrected chi connectivity index (χ2v) is 20.5. The Morgan fingerprint density at radius 3 is 2.17 bits per heavy atom. The molecule has 0 aromatic rings. The third kappa shape index (κ3) is 4.69. The first-order chi connectivity index (χ1) is 19.3. The fourth-order valence-electron chi connectivity index (χ4n) is 13.7. The van der Waals surface area contributed by atoms with Gasteiger partial charge in [-0.25, -0.2) is 0 Å². The van der Waals surface area contributed by atoms with Crippen molar-refractivity contribution in [2.75, 3.05) is 5.75 Å². The first-order valence-corrected chi connectivity index (χ1v) is 20.0. The summed E-state index contributed by atoms with van der Waals surface area (Å²) in [6, 6.07) is 0. The molecule has 14 atom stereocenters. The average Bonchev–Trinajstić information content (AvgIpc) is 2.89. The molecule has 4 unspecified atom stereocenters. The van der Waals surface area contributed by atoms with Crippen LogP contribution < -0.4 is 0 Å². The van der Waals surface area contributed by atoms with E-state index in [0.29, 0.717) is 41.3 Å². The zero-order chi connectivity index (χ0) is 31.3. The number of fused-ring (bicyclic) bond motifs is 7. The Bertz CT molecular complexity index is 1120. The van der Waals surface area contributed by atoms with Crippen LogP contribution in [0.2, 0.25) is 0 Å². The summed E-state index contributed by atoms with van der Waals surface area (Å²) >= 11 is 9.69. The van der Waals surface area contributed by atoms with E-state index >= 15 is 0 Å². The highest BCUT2D eigenvalue weighted by Gasteiger charge is 2.72. The van der Waals surface area contributed by atoms with Gasteiger partial charge in [-0.2, -0.15) is 33.7 Å². The van der Waals surface area contributed by atoms with E-state index in [4.69, 9.17) is 12.6 Å². The lowest BCUT2D eigenvalue weighted by atomic mass is 9.30. The monoisotopic (exact) mass is 639 g/mol. The highest BCUT2D eigenvalue weighted by molar-refractivity contribution is 7.86. The average molecular weight is 640 g/mol. The molecule has 0 saturated heterocycles. The van der Waals surface area contributed by atoms with Crippen molar-refractivity contribution in [2.45, 2.75) is 137 Å². The summed E-state index contributed by atoms with van der Waals surface area (Å²) in [4.78, 5) is 0. The van der Waals surface area contributed by atoms with Gasteiger partial charge in [0.25, 0.3) is 10.1 Å². The summed E-state index contributed by atoms with van der Waals surface area (Å²) in [5.74, 6) is 4.57. The van der Waals surface area contributed by atoms with Gasteiger partial charge in [0, 0.05) is 5.25 Å². The van der Waals surface area contributed by atoms with E-state index in [1.54, 1.807) is 0 Å². The second-order valence-electron chi connectivity index (χ2n) is 17.8. The van der Waals surface area contributed by atoms with Crippen molar-refractivity contribution in [3.8, 4) is 0 Å². The Morgan fingerprint density at radius 1 is 0.905 bits per heavy atom. The molecular weight excluding hydrogens is 577 g/mol. The van der Waals surface area contributed by atoms with Crippen LogP contribution in [0.5, 0.6) is 0 Å². The first-order valence-electron chi connectivity index (χ1n) is 17.4. The molecular formula is C36H63O3S3. The Hall–Kier alpha value is 0.610. The summed E-state index contributed by atoms with van der Waals surface area (Å²) in [7, 11) is -4.22. The highest BCUT2D eigenvalue weighted by atomic mass is 32.2. The second kappa shape index (κ2) is 11.1. The minimum Gasteiger partial charge on any atom is -0.285 e. The molecule has 0 bridgehead atoms. The SMILES string of the molecule is [CH2]CC(C1CC(S)C(C)(C)[C@@H]2CC[C@]3(C)[C@H](CC[C@@H]4[C@@H]5[C@@H](C)[C@H](C)CC[C@]5(C)CC[C@]43C)[C@@]12C)C(CCS)S(=O)(=O)O. The van der Waals surface area contributed by atoms with Gasteiger partial charge in [0.05, 0.1) is 5.25 Å². The number of rotatable bonds is 6. The summed E-state index contributed by atoms with van der Waals surface area (Å²) in [5, 5.41) is -0.610. The van der Waals surface area contributed by atoms with Gasteiger partial charge in [-0.3, -0.25) is 4.55 Å². The van der Waals surface area contributed by atoms with E-state index in [2.05, 4.69) is 74.9 Å². The van der Waals surface area contributed by atoms with Gasteiger partial charge in [0.15, 0.2) is 0 Å². The molecule has 0 spiro atoms. The lowest BCUT2D eigenvalue weighted by Crippen LogP contribution is -2.69. The van der Waals surface area contributed by atoms with Gasteiger partial charge in [0.2, 0.25) is 0 Å². The fraction of sp³-hybridized carbons (Fsp3) is 0.972. The summed E-state index contributed by atoms with van der Waals surface area (Å²) in [6.07, 6.45) is 12.2. The molecule has 3 nitrogen and oxygen atoms in total. The third-order valence-electron chi connectivity index (χ3n) is 16.4. The third-order valence-corrected chi connectivity index (χ3v) is 18.8. The van der Waals surface area contributed by atoms with Crippen LogP contribution in [0.4, 0.5) is 0 Å². The lowest BCUT2D eigenvalue weighted by molar-refractivity contribution is -0.262. The molecule has 0 aromatic carbocycles. The quantitative estimate of drug-likeness (QED) is 0.200. The van der Waals surface area contributed by atoms with Gasteiger partial charge in [-0.05, 0) is 151 Å². The fourth-order valence-corrected chi connectivity index (χ4v) is 15.7. The molecule has 5 fully saturated rings. The lowest BCUT2D eigenvalue weighted by Gasteiger charge is -2.75. The molecule has 42 heavy (non-hydrogen) atoms. The molecule has 0 aliphatic heterocycles. The van der Waals surface area contributed by atoms with E-state index in [1.165, 1.54) is 51.4 Å². The van der Waals surface area contributed by atoms with Crippen molar-refractivity contribution in [1.82, 2.24) is 0 Å². The van der Waals surface area contributed by atoms with Crippen LogP contribution in [0.3, 0.4) is 0 Å². The van der Waals surface area contributed by atoms with Crippen molar-refractivity contribution in [1.29, 1.82) is 0 Å². The molecule has 1 radical (unpaired) electrons. The summed E-state index contributed by atoms with van der Waals surface area (Å²) in [5.41, 5.74) is 1.01. The Kier molecular flexibility index (Phi) is 8.98. The van der Waals surface area contributed by atoms with Gasteiger partial charge in [-0.1, -0.05) is 62.3 Å². The number of hydrogen-bond acceptors (Lipinski definition) is 4. The van der Waals surface area contributed by atoms with Gasteiger partial charge < -0.3 is 0 Å². The first kappa shape index (κ1) is 34.0.